The van der Waals surface area contributed by atoms with Crippen LogP contribution in [-0.4, -0.2) is 20.2 Å². The molecule has 0 unspecified atom stereocenters. The lowest BCUT2D eigenvalue weighted by molar-refractivity contribution is 0.102. The number of sulfone groups is 1. The number of fused-ring (bicyclic) bond motifs is 1. The molecule has 0 spiro atoms. The third-order valence-electron chi connectivity index (χ3n) is 3.36. The molecule has 2 aromatic rings. The van der Waals surface area contributed by atoms with Gasteiger partial charge in [-0.2, -0.15) is 0 Å². The highest BCUT2D eigenvalue weighted by Crippen LogP contribution is 2.24. The SMILES string of the molecule is O=S(=O)(Cc1ccccc1Cl)Cc1noc2c1COCC2. The fraction of sp³-hybridized carbons (Fsp3) is 0.357. The maximum atomic E-state index is 12.3. The van der Waals surface area contributed by atoms with Crippen molar-refractivity contribution in [3.63, 3.8) is 0 Å². The lowest BCUT2D eigenvalue weighted by Crippen LogP contribution is -2.13. The standard InChI is InChI=1S/C14H14ClNO4S/c15-12-4-2-1-3-10(12)8-21(17,18)9-13-11-7-19-6-5-14(11)20-16-13/h1-4H,5-9H2. The van der Waals surface area contributed by atoms with E-state index in [9.17, 15) is 8.42 Å². The van der Waals surface area contributed by atoms with Crippen LogP contribution in [0.2, 0.25) is 5.02 Å². The predicted molar refractivity (Wildman–Crippen MR) is 77.6 cm³/mol. The van der Waals surface area contributed by atoms with Crippen molar-refractivity contribution >= 4 is 21.4 Å². The van der Waals surface area contributed by atoms with Crippen molar-refractivity contribution in [2.45, 2.75) is 24.5 Å². The number of rotatable bonds is 4. The number of benzene rings is 1. The van der Waals surface area contributed by atoms with Gasteiger partial charge in [0.2, 0.25) is 0 Å². The minimum atomic E-state index is -3.38. The van der Waals surface area contributed by atoms with Crippen LogP contribution in [0, 0.1) is 0 Å². The fourth-order valence-corrected chi connectivity index (χ4v) is 4.06. The van der Waals surface area contributed by atoms with Gasteiger partial charge >= 0.3 is 0 Å². The number of halogens is 1. The first-order valence-corrected chi connectivity index (χ1v) is 8.73. The maximum Gasteiger partial charge on any atom is 0.160 e. The summed E-state index contributed by atoms with van der Waals surface area (Å²) in [6.07, 6.45) is 0.632. The highest BCUT2D eigenvalue weighted by molar-refractivity contribution is 7.89. The Hall–Kier alpha value is -1.37. The molecule has 0 amide bonds. The van der Waals surface area contributed by atoms with E-state index in [0.29, 0.717) is 35.9 Å². The van der Waals surface area contributed by atoms with E-state index in [2.05, 4.69) is 5.16 Å². The van der Waals surface area contributed by atoms with Gasteiger partial charge in [-0.05, 0) is 11.6 Å². The zero-order valence-electron chi connectivity index (χ0n) is 11.2. The number of hydrogen-bond donors (Lipinski definition) is 0. The van der Waals surface area contributed by atoms with Crippen LogP contribution < -0.4 is 0 Å². The number of hydrogen-bond acceptors (Lipinski definition) is 5. The van der Waals surface area contributed by atoms with Gasteiger partial charge in [-0.1, -0.05) is 35.0 Å². The molecule has 0 bridgehead atoms. The molecular weight excluding hydrogens is 314 g/mol. The fourth-order valence-electron chi connectivity index (χ4n) is 2.31. The highest BCUT2D eigenvalue weighted by Gasteiger charge is 2.24. The van der Waals surface area contributed by atoms with E-state index < -0.39 is 9.84 Å². The normalized spacial score (nSPS) is 14.9. The molecule has 3 rings (SSSR count). The molecule has 0 aliphatic carbocycles. The minimum absolute atomic E-state index is 0.116. The zero-order chi connectivity index (χ0) is 14.9. The quantitative estimate of drug-likeness (QED) is 0.863. The van der Waals surface area contributed by atoms with Crippen LogP contribution in [0.3, 0.4) is 0 Å². The van der Waals surface area contributed by atoms with Crippen LogP contribution in [0.25, 0.3) is 0 Å². The summed E-state index contributed by atoms with van der Waals surface area (Å²) in [7, 11) is -3.38. The van der Waals surface area contributed by atoms with E-state index in [0.717, 1.165) is 11.3 Å². The third-order valence-corrected chi connectivity index (χ3v) is 5.19. The van der Waals surface area contributed by atoms with Crippen molar-refractivity contribution in [2.24, 2.45) is 0 Å². The Kier molecular flexibility index (Phi) is 4.01. The Morgan fingerprint density at radius 2 is 2.05 bits per heavy atom. The second-order valence-corrected chi connectivity index (χ2v) is 7.43. The van der Waals surface area contributed by atoms with Crippen molar-refractivity contribution in [1.82, 2.24) is 5.16 Å². The van der Waals surface area contributed by atoms with Crippen LogP contribution in [0.15, 0.2) is 28.8 Å². The molecule has 1 aromatic heterocycles. The molecule has 0 saturated heterocycles. The molecule has 5 nitrogen and oxygen atoms in total. The van der Waals surface area contributed by atoms with E-state index in [-0.39, 0.29) is 11.5 Å². The topological polar surface area (TPSA) is 69.4 Å². The first-order valence-electron chi connectivity index (χ1n) is 6.53. The van der Waals surface area contributed by atoms with Crippen molar-refractivity contribution in [1.29, 1.82) is 0 Å². The van der Waals surface area contributed by atoms with Gasteiger partial charge in [0.15, 0.2) is 9.84 Å². The number of aromatic nitrogens is 1. The second-order valence-electron chi connectivity index (χ2n) is 4.96. The summed E-state index contributed by atoms with van der Waals surface area (Å²) in [5, 5.41) is 4.33. The summed E-state index contributed by atoms with van der Waals surface area (Å²) >= 11 is 6.01. The zero-order valence-corrected chi connectivity index (χ0v) is 12.8. The van der Waals surface area contributed by atoms with Crippen LogP contribution in [0.4, 0.5) is 0 Å². The largest absolute Gasteiger partial charge is 0.376 e. The molecule has 1 aliphatic rings. The van der Waals surface area contributed by atoms with E-state index in [1.807, 2.05) is 0 Å². The summed E-state index contributed by atoms with van der Waals surface area (Å²) in [4.78, 5) is 0. The van der Waals surface area contributed by atoms with Gasteiger partial charge in [0.05, 0.1) is 24.7 Å². The van der Waals surface area contributed by atoms with Gasteiger partial charge in [-0.15, -0.1) is 0 Å². The van der Waals surface area contributed by atoms with Crippen LogP contribution in [0.1, 0.15) is 22.6 Å². The summed E-state index contributed by atoms with van der Waals surface area (Å²) in [6, 6.07) is 6.92. The average molecular weight is 328 g/mol. The Labute approximate surface area is 127 Å². The highest BCUT2D eigenvalue weighted by atomic mass is 35.5. The molecule has 2 heterocycles. The predicted octanol–water partition coefficient (Wildman–Crippen LogP) is 2.52. The van der Waals surface area contributed by atoms with Gasteiger partial charge in [-0.3, -0.25) is 0 Å². The molecule has 112 valence electrons. The molecule has 0 radical (unpaired) electrons. The van der Waals surface area contributed by atoms with Gasteiger partial charge < -0.3 is 9.26 Å². The Morgan fingerprint density at radius 3 is 2.86 bits per heavy atom. The Balaban J connectivity index is 1.80. The molecule has 1 aromatic carbocycles. The molecular formula is C14H14ClNO4S. The van der Waals surface area contributed by atoms with Crippen molar-refractivity contribution in [3.8, 4) is 0 Å². The molecule has 0 saturated carbocycles. The lowest BCUT2D eigenvalue weighted by atomic mass is 10.1. The van der Waals surface area contributed by atoms with E-state index in [1.165, 1.54) is 0 Å². The lowest BCUT2D eigenvalue weighted by Gasteiger charge is -2.11. The van der Waals surface area contributed by atoms with E-state index in [1.54, 1.807) is 24.3 Å². The summed E-state index contributed by atoms with van der Waals surface area (Å²) < 4.78 is 35.2. The molecule has 0 N–H and O–H groups in total. The molecule has 21 heavy (non-hydrogen) atoms. The summed E-state index contributed by atoms with van der Waals surface area (Å²) in [5.41, 5.74) is 1.80. The second kappa shape index (κ2) is 5.79. The maximum absolute atomic E-state index is 12.3. The van der Waals surface area contributed by atoms with Crippen molar-refractivity contribution in [3.05, 3.63) is 51.9 Å². The number of ether oxygens (including phenoxy) is 1. The monoisotopic (exact) mass is 327 g/mol. The molecule has 0 fully saturated rings. The Bertz CT molecular complexity index is 754. The average Bonchev–Trinajstić information content (AvgIpc) is 2.84. The molecule has 1 aliphatic heterocycles. The number of nitrogens with zero attached hydrogens (tertiary/aromatic N) is 1. The van der Waals surface area contributed by atoms with Crippen LogP contribution >= 0.6 is 11.6 Å². The van der Waals surface area contributed by atoms with Gasteiger partial charge in [0.25, 0.3) is 0 Å². The van der Waals surface area contributed by atoms with E-state index in [4.69, 9.17) is 20.9 Å². The minimum Gasteiger partial charge on any atom is -0.376 e. The summed E-state index contributed by atoms with van der Waals surface area (Å²) in [6.45, 7) is 0.934. The van der Waals surface area contributed by atoms with Gasteiger partial charge in [-0.25, -0.2) is 8.42 Å². The third kappa shape index (κ3) is 3.28. The van der Waals surface area contributed by atoms with Gasteiger partial charge in [0.1, 0.15) is 11.5 Å². The van der Waals surface area contributed by atoms with Crippen molar-refractivity contribution < 1.29 is 17.7 Å². The molecule has 0 atom stereocenters. The first kappa shape index (κ1) is 14.6. The van der Waals surface area contributed by atoms with E-state index >= 15 is 0 Å². The smallest absolute Gasteiger partial charge is 0.160 e. The van der Waals surface area contributed by atoms with Crippen LogP contribution in [0.5, 0.6) is 0 Å². The van der Waals surface area contributed by atoms with Gasteiger partial charge in [0, 0.05) is 17.0 Å². The summed E-state index contributed by atoms with van der Waals surface area (Å²) in [5.74, 6) is 0.444. The first-order chi connectivity index (χ1) is 10.1. The van der Waals surface area contributed by atoms with Crippen molar-refractivity contribution in [2.75, 3.05) is 6.61 Å². The van der Waals surface area contributed by atoms with Crippen LogP contribution in [-0.2, 0) is 39.1 Å². The Morgan fingerprint density at radius 1 is 1.24 bits per heavy atom. The molecule has 7 heteroatoms.